The van der Waals surface area contributed by atoms with Crippen LogP contribution in [0.3, 0.4) is 0 Å². The van der Waals surface area contributed by atoms with E-state index in [1.165, 1.54) is 13.2 Å². The van der Waals surface area contributed by atoms with E-state index >= 15 is 0 Å². The smallest absolute Gasteiger partial charge is 0.401 e. The Hall–Kier alpha value is -1.50. The standard InChI is InChI=1S/C11H12F3NO2S/c1-16-8-4-2-3-5-9(8)17-6-7(10(15)18)11(12,13)14/h2-5,7H,6H2,1H3,(H2,15,18). The van der Waals surface area contributed by atoms with Crippen molar-refractivity contribution < 1.29 is 22.6 Å². The number of alkyl halides is 3. The molecule has 0 fully saturated rings. The summed E-state index contributed by atoms with van der Waals surface area (Å²) < 4.78 is 47.8. The molecule has 0 heterocycles. The van der Waals surface area contributed by atoms with Crippen LogP contribution in [0.1, 0.15) is 0 Å². The second-order valence-corrected chi connectivity index (χ2v) is 3.93. The van der Waals surface area contributed by atoms with Gasteiger partial charge in [-0.3, -0.25) is 0 Å². The Bertz CT molecular complexity index is 423. The van der Waals surface area contributed by atoms with Gasteiger partial charge in [0.2, 0.25) is 0 Å². The van der Waals surface area contributed by atoms with Gasteiger partial charge in [0, 0.05) is 0 Å². The van der Waals surface area contributed by atoms with Gasteiger partial charge in [0.15, 0.2) is 11.5 Å². The van der Waals surface area contributed by atoms with Crippen molar-refractivity contribution in [3.63, 3.8) is 0 Å². The molecule has 0 aromatic heterocycles. The number of benzene rings is 1. The fourth-order valence-electron chi connectivity index (χ4n) is 1.25. The maximum absolute atomic E-state index is 12.6. The summed E-state index contributed by atoms with van der Waals surface area (Å²) in [7, 11) is 1.40. The first-order chi connectivity index (χ1) is 8.36. The van der Waals surface area contributed by atoms with Crippen molar-refractivity contribution in [3.8, 4) is 11.5 Å². The number of thiocarbonyl (C=S) groups is 1. The minimum absolute atomic E-state index is 0.213. The highest BCUT2D eigenvalue weighted by atomic mass is 32.1. The molecule has 0 aliphatic rings. The highest BCUT2D eigenvalue weighted by molar-refractivity contribution is 7.80. The molecule has 100 valence electrons. The molecule has 0 radical (unpaired) electrons. The maximum atomic E-state index is 12.6. The molecule has 0 aliphatic carbocycles. The van der Waals surface area contributed by atoms with E-state index < -0.39 is 23.7 Å². The molecule has 0 amide bonds. The van der Waals surface area contributed by atoms with Gasteiger partial charge < -0.3 is 15.2 Å². The van der Waals surface area contributed by atoms with Gasteiger partial charge in [-0.05, 0) is 12.1 Å². The van der Waals surface area contributed by atoms with Crippen molar-refractivity contribution in [2.45, 2.75) is 6.18 Å². The van der Waals surface area contributed by atoms with Crippen LogP contribution in [-0.4, -0.2) is 24.9 Å². The lowest BCUT2D eigenvalue weighted by Crippen LogP contribution is -2.38. The SMILES string of the molecule is COc1ccccc1OCC(C(N)=S)C(F)(F)F. The summed E-state index contributed by atoms with van der Waals surface area (Å²) in [5.41, 5.74) is 5.06. The molecule has 1 aromatic rings. The van der Waals surface area contributed by atoms with E-state index in [4.69, 9.17) is 15.2 Å². The third-order valence-electron chi connectivity index (χ3n) is 2.21. The fourth-order valence-corrected chi connectivity index (χ4v) is 1.45. The summed E-state index contributed by atoms with van der Waals surface area (Å²) in [5, 5.41) is 0. The van der Waals surface area contributed by atoms with Gasteiger partial charge in [0.05, 0.1) is 12.1 Å². The first-order valence-corrected chi connectivity index (χ1v) is 5.39. The summed E-state index contributed by atoms with van der Waals surface area (Å²) >= 11 is 4.39. The van der Waals surface area contributed by atoms with Crippen molar-refractivity contribution in [3.05, 3.63) is 24.3 Å². The normalized spacial score (nSPS) is 12.9. The van der Waals surface area contributed by atoms with Crippen LogP contribution >= 0.6 is 12.2 Å². The van der Waals surface area contributed by atoms with Gasteiger partial charge in [-0.1, -0.05) is 24.4 Å². The average molecular weight is 279 g/mol. The molecule has 1 unspecified atom stereocenters. The second-order valence-electron chi connectivity index (χ2n) is 3.46. The Balaban J connectivity index is 2.77. The summed E-state index contributed by atoms with van der Waals surface area (Å²) in [6.07, 6.45) is -4.52. The average Bonchev–Trinajstić information content (AvgIpc) is 2.27. The van der Waals surface area contributed by atoms with E-state index in [2.05, 4.69) is 12.2 Å². The van der Waals surface area contributed by atoms with Crippen LogP contribution in [0, 0.1) is 5.92 Å². The molecule has 18 heavy (non-hydrogen) atoms. The largest absolute Gasteiger partial charge is 0.493 e. The third-order valence-corrected chi connectivity index (χ3v) is 2.50. The van der Waals surface area contributed by atoms with Crippen LogP contribution in [0.5, 0.6) is 11.5 Å². The summed E-state index contributed by atoms with van der Waals surface area (Å²) in [5.74, 6) is -1.41. The van der Waals surface area contributed by atoms with Gasteiger partial charge in [0.25, 0.3) is 0 Å². The van der Waals surface area contributed by atoms with Crippen molar-refractivity contribution >= 4 is 17.2 Å². The Morgan fingerprint density at radius 3 is 2.33 bits per heavy atom. The zero-order chi connectivity index (χ0) is 13.8. The van der Waals surface area contributed by atoms with E-state index in [9.17, 15) is 13.2 Å². The molecule has 1 aromatic carbocycles. The minimum atomic E-state index is -4.52. The Labute approximate surface area is 108 Å². The lowest BCUT2D eigenvalue weighted by Gasteiger charge is -2.20. The number of halogens is 3. The summed E-state index contributed by atoms with van der Waals surface area (Å²) in [6.45, 7) is -0.667. The van der Waals surface area contributed by atoms with Crippen LogP contribution in [0.2, 0.25) is 0 Å². The van der Waals surface area contributed by atoms with Crippen molar-refractivity contribution in [2.24, 2.45) is 11.7 Å². The van der Waals surface area contributed by atoms with E-state index in [1.807, 2.05) is 0 Å². The number of rotatable bonds is 5. The summed E-state index contributed by atoms with van der Waals surface area (Å²) in [6, 6.07) is 6.40. The van der Waals surface area contributed by atoms with Crippen LogP contribution in [0.4, 0.5) is 13.2 Å². The Morgan fingerprint density at radius 2 is 1.89 bits per heavy atom. The molecule has 0 aliphatic heterocycles. The Kier molecular flexibility index (Phi) is 4.77. The van der Waals surface area contributed by atoms with Crippen LogP contribution in [-0.2, 0) is 0 Å². The third kappa shape index (κ3) is 3.76. The highest BCUT2D eigenvalue weighted by Gasteiger charge is 2.42. The molecule has 3 nitrogen and oxygen atoms in total. The van der Waals surface area contributed by atoms with E-state index in [-0.39, 0.29) is 5.75 Å². The summed E-state index contributed by atoms with van der Waals surface area (Å²) in [4.78, 5) is -0.641. The van der Waals surface area contributed by atoms with Crippen LogP contribution in [0.25, 0.3) is 0 Å². The van der Waals surface area contributed by atoms with Gasteiger partial charge in [-0.25, -0.2) is 0 Å². The Morgan fingerprint density at radius 1 is 1.33 bits per heavy atom. The molecule has 0 saturated heterocycles. The fraction of sp³-hybridized carbons (Fsp3) is 0.364. The molecular weight excluding hydrogens is 267 g/mol. The lowest BCUT2D eigenvalue weighted by atomic mass is 10.1. The number of methoxy groups -OCH3 is 1. The van der Waals surface area contributed by atoms with E-state index in [1.54, 1.807) is 18.2 Å². The number of hydrogen-bond donors (Lipinski definition) is 1. The predicted octanol–water partition coefficient (Wildman–Crippen LogP) is 2.54. The number of nitrogens with two attached hydrogens (primary N) is 1. The molecule has 1 rings (SSSR count). The van der Waals surface area contributed by atoms with Crippen molar-refractivity contribution in [1.29, 1.82) is 0 Å². The minimum Gasteiger partial charge on any atom is -0.493 e. The molecule has 0 spiro atoms. The van der Waals surface area contributed by atoms with Gasteiger partial charge >= 0.3 is 6.18 Å². The van der Waals surface area contributed by atoms with Gasteiger partial charge in [-0.15, -0.1) is 0 Å². The molecule has 2 N–H and O–H groups in total. The predicted molar refractivity (Wildman–Crippen MR) is 64.8 cm³/mol. The van der Waals surface area contributed by atoms with Crippen LogP contribution < -0.4 is 15.2 Å². The monoisotopic (exact) mass is 279 g/mol. The van der Waals surface area contributed by atoms with Crippen LogP contribution in [0.15, 0.2) is 24.3 Å². The number of hydrogen-bond acceptors (Lipinski definition) is 3. The zero-order valence-corrected chi connectivity index (χ0v) is 10.3. The molecular formula is C11H12F3NO2S. The molecule has 1 atom stereocenters. The molecule has 0 bridgehead atoms. The van der Waals surface area contributed by atoms with Crippen molar-refractivity contribution in [1.82, 2.24) is 0 Å². The lowest BCUT2D eigenvalue weighted by molar-refractivity contribution is -0.161. The second kappa shape index (κ2) is 5.90. The molecule has 0 saturated carbocycles. The molecule has 7 heteroatoms. The van der Waals surface area contributed by atoms with Gasteiger partial charge in [0.1, 0.15) is 12.5 Å². The van der Waals surface area contributed by atoms with Gasteiger partial charge in [-0.2, -0.15) is 13.2 Å². The zero-order valence-electron chi connectivity index (χ0n) is 9.53. The quantitative estimate of drug-likeness (QED) is 0.841. The van der Waals surface area contributed by atoms with E-state index in [0.717, 1.165) is 0 Å². The first-order valence-electron chi connectivity index (χ1n) is 4.98. The first kappa shape index (κ1) is 14.6. The number of para-hydroxylation sites is 2. The van der Waals surface area contributed by atoms with E-state index in [0.29, 0.717) is 5.75 Å². The number of ether oxygens (including phenoxy) is 2. The highest BCUT2D eigenvalue weighted by Crippen LogP contribution is 2.30. The maximum Gasteiger partial charge on any atom is 0.401 e. The topological polar surface area (TPSA) is 44.5 Å². The van der Waals surface area contributed by atoms with Crippen molar-refractivity contribution in [2.75, 3.05) is 13.7 Å².